The highest BCUT2D eigenvalue weighted by Crippen LogP contribution is 2.49. The molecule has 3 aliphatic rings. The Morgan fingerprint density at radius 2 is 1.12 bits per heavy atom. The molecule has 1 aromatic rings. The second-order valence-electron chi connectivity index (χ2n) is 13.9. The van der Waals surface area contributed by atoms with Crippen molar-refractivity contribution in [3.8, 4) is 0 Å². The smallest absolute Gasteiger partial charge is 0.320 e. The van der Waals surface area contributed by atoms with Gasteiger partial charge in [-0.15, -0.1) is 0 Å². The van der Waals surface area contributed by atoms with Gasteiger partial charge in [0.05, 0.1) is 105 Å². The van der Waals surface area contributed by atoms with Gasteiger partial charge < -0.3 is 47.7 Å². The van der Waals surface area contributed by atoms with Crippen LogP contribution >= 0.6 is 0 Å². The van der Waals surface area contributed by atoms with E-state index in [1.807, 2.05) is 4.90 Å². The molecule has 0 atom stereocenters. The van der Waals surface area contributed by atoms with Gasteiger partial charge in [0.1, 0.15) is 0 Å². The van der Waals surface area contributed by atoms with E-state index in [-0.39, 0.29) is 17.1 Å². The molecule has 50 heavy (non-hydrogen) atoms. The van der Waals surface area contributed by atoms with Crippen LogP contribution in [-0.2, 0) is 43.4 Å². The molecule has 2 aliphatic carbocycles. The van der Waals surface area contributed by atoms with Crippen molar-refractivity contribution in [3.63, 3.8) is 0 Å². The minimum absolute atomic E-state index is 0.0138. The molecule has 0 bridgehead atoms. The van der Waals surface area contributed by atoms with Crippen LogP contribution in [0.4, 0.5) is 4.79 Å². The van der Waals surface area contributed by atoms with Crippen molar-refractivity contribution < 1.29 is 42.7 Å². The van der Waals surface area contributed by atoms with Crippen LogP contribution in [0, 0.1) is 5.92 Å². The third kappa shape index (κ3) is 12.7. The van der Waals surface area contributed by atoms with Gasteiger partial charge in [-0.1, -0.05) is 36.8 Å². The predicted molar refractivity (Wildman–Crippen MR) is 192 cm³/mol. The fraction of sp³-hybridized carbons (Fsp3) is 0.816. The van der Waals surface area contributed by atoms with E-state index in [0.717, 1.165) is 38.8 Å². The van der Waals surface area contributed by atoms with Crippen molar-refractivity contribution in [2.75, 3.05) is 140 Å². The molecule has 4 rings (SSSR count). The number of rotatable bonds is 28. The number of hydrogen-bond acceptors (Lipinski definition) is 10. The molecule has 0 unspecified atom stereocenters. The fourth-order valence-corrected chi connectivity index (χ4v) is 7.30. The van der Waals surface area contributed by atoms with Crippen LogP contribution in [0.2, 0.25) is 0 Å². The molecule has 1 saturated heterocycles. The first kappa shape index (κ1) is 40.9. The van der Waals surface area contributed by atoms with Crippen LogP contribution in [0.5, 0.6) is 0 Å². The van der Waals surface area contributed by atoms with Crippen LogP contribution in [0.25, 0.3) is 0 Å². The maximum atomic E-state index is 13.8. The summed E-state index contributed by atoms with van der Waals surface area (Å²) in [4.78, 5) is 20.5. The molecule has 286 valence electrons. The zero-order valence-corrected chi connectivity index (χ0v) is 31.2. The van der Waals surface area contributed by atoms with Crippen LogP contribution in [0.1, 0.15) is 50.5 Å². The van der Waals surface area contributed by atoms with Gasteiger partial charge in [0.15, 0.2) is 0 Å². The summed E-state index contributed by atoms with van der Waals surface area (Å²) in [5.41, 5.74) is 1.31. The topological polar surface area (TPSA) is 101 Å². The molecule has 3 fully saturated rings. The largest absolute Gasteiger partial charge is 0.382 e. The van der Waals surface area contributed by atoms with Crippen molar-refractivity contribution >= 4 is 6.03 Å². The highest BCUT2D eigenvalue weighted by atomic mass is 16.6. The molecule has 2 saturated carbocycles. The zero-order chi connectivity index (χ0) is 35.3. The Hall–Kier alpha value is -1.87. The van der Waals surface area contributed by atoms with Crippen LogP contribution in [0.15, 0.2) is 30.3 Å². The SMILES string of the molecule is COCCOCCOCCOCCOCCOCCOCCOCCN1C[C@]2(CC[C@](c3ccccc3)(N(C)C)CC2)N(CC2CCC2)C1=O. The van der Waals surface area contributed by atoms with Gasteiger partial charge in [0.2, 0.25) is 0 Å². The second-order valence-corrected chi connectivity index (χ2v) is 13.9. The summed E-state index contributed by atoms with van der Waals surface area (Å²) in [6, 6.07) is 11.1. The van der Waals surface area contributed by atoms with Crippen LogP contribution in [-0.4, -0.2) is 166 Å². The lowest BCUT2D eigenvalue weighted by atomic mass is 9.68. The molecule has 0 radical (unpaired) electrons. The van der Waals surface area contributed by atoms with E-state index < -0.39 is 0 Å². The third-order valence-corrected chi connectivity index (χ3v) is 10.6. The Balaban J connectivity index is 1.01. The Labute approximate surface area is 300 Å². The Morgan fingerprint density at radius 3 is 1.54 bits per heavy atom. The van der Waals surface area contributed by atoms with Crippen molar-refractivity contribution in [1.82, 2.24) is 14.7 Å². The van der Waals surface area contributed by atoms with E-state index in [1.165, 1.54) is 24.8 Å². The molecule has 1 heterocycles. The van der Waals surface area contributed by atoms with E-state index in [0.29, 0.717) is 112 Å². The summed E-state index contributed by atoms with van der Waals surface area (Å²) >= 11 is 0. The van der Waals surface area contributed by atoms with Gasteiger partial charge in [-0.3, -0.25) is 4.90 Å². The monoisotopic (exact) mass is 707 g/mol. The van der Waals surface area contributed by atoms with E-state index in [2.05, 4.69) is 54.2 Å². The lowest BCUT2D eigenvalue weighted by Crippen LogP contribution is -2.56. The van der Waals surface area contributed by atoms with Crippen LogP contribution in [0.3, 0.4) is 0 Å². The highest BCUT2D eigenvalue weighted by molar-refractivity contribution is 5.78. The van der Waals surface area contributed by atoms with E-state index in [4.69, 9.17) is 37.9 Å². The van der Waals surface area contributed by atoms with Crippen molar-refractivity contribution in [3.05, 3.63) is 35.9 Å². The molecular weight excluding hydrogens is 642 g/mol. The summed E-state index contributed by atoms with van der Waals surface area (Å²) in [6.45, 7) is 10.3. The number of urea groups is 1. The number of amides is 2. The molecule has 0 aromatic heterocycles. The van der Waals surface area contributed by atoms with E-state index in [9.17, 15) is 4.79 Å². The van der Waals surface area contributed by atoms with Gasteiger partial charge in [0, 0.05) is 32.3 Å². The van der Waals surface area contributed by atoms with Gasteiger partial charge >= 0.3 is 6.03 Å². The Kier molecular flexibility index (Phi) is 18.8. The van der Waals surface area contributed by atoms with Gasteiger partial charge in [-0.25, -0.2) is 4.79 Å². The van der Waals surface area contributed by atoms with Crippen molar-refractivity contribution in [2.45, 2.75) is 56.0 Å². The van der Waals surface area contributed by atoms with Gasteiger partial charge in [0.25, 0.3) is 0 Å². The number of benzene rings is 1. The second kappa shape index (κ2) is 22.9. The predicted octanol–water partition coefficient (Wildman–Crippen LogP) is 4.06. The maximum absolute atomic E-state index is 13.8. The molecule has 0 N–H and O–H groups in total. The van der Waals surface area contributed by atoms with Crippen molar-refractivity contribution in [1.29, 1.82) is 0 Å². The normalized spacial score (nSPS) is 22.7. The number of carbonyl (C=O) groups is 1. The number of carbonyl (C=O) groups excluding carboxylic acids is 1. The number of hydrogen-bond donors (Lipinski definition) is 0. The molecule has 1 aliphatic heterocycles. The molecule has 12 heteroatoms. The summed E-state index contributed by atoms with van der Waals surface area (Å²) in [5, 5.41) is 0. The minimum Gasteiger partial charge on any atom is -0.382 e. The molecule has 12 nitrogen and oxygen atoms in total. The third-order valence-electron chi connectivity index (χ3n) is 10.6. The van der Waals surface area contributed by atoms with Crippen molar-refractivity contribution in [2.24, 2.45) is 5.92 Å². The first-order valence-electron chi connectivity index (χ1n) is 18.8. The summed E-state index contributed by atoms with van der Waals surface area (Å²) < 4.78 is 43.8. The molecular formula is C38H65N3O9. The van der Waals surface area contributed by atoms with Gasteiger partial charge in [-0.05, 0) is 64.1 Å². The Morgan fingerprint density at radius 1 is 0.660 bits per heavy atom. The summed E-state index contributed by atoms with van der Waals surface area (Å²) in [7, 11) is 6.06. The van der Waals surface area contributed by atoms with E-state index in [1.54, 1.807) is 7.11 Å². The lowest BCUT2D eigenvalue weighted by molar-refractivity contribution is -0.0223. The van der Waals surface area contributed by atoms with E-state index >= 15 is 0 Å². The fourth-order valence-electron chi connectivity index (χ4n) is 7.30. The Bertz CT molecular complexity index is 1040. The summed E-state index contributed by atoms with van der Waals surface area (Å²) in [5.74, 6) is 0.648. The number of ether oxygens (including phenoxy) is 8. The highest BCUT2D eigenvalue weighted by Gasteiger charge is 2.54. The minimum atomic E-state index is -0.0846. The first-order valence-corrected chi connectivity index (χ1v) is 18.8. The van der Waals surface area contributed by atoms with Crippen LogP contribution < -0.4 is 0 Å². The number of nitrogens with zero attached hydrogens (tertiary/aromatic N) is 3. The molecule has 1 aromatic carbocycles. The maximum Gasteiger partial charge on any atom is 0.320 e. The standard InChI is InChI=1S/C38H65N3O9/c1-39(2)38(35-10-5-4-6-11-35)14-12-37(13-15-38)33-40(36(42)41(37)32-34-8-7-9-34)16-17-44-20-21-46-24-25-48-28-29-50-31-30-49-27-26-47-23-22-45-19-18-43-3/h4-6,10-11,34H,7-9,12-33H2,1-3H3/t37-,38+. The summed E-state index contributed by atoms with van der Waals surface area (Å²) in [6.07, 6.45) is 7.93. The quantitative estimate of drug-likeness (QED) is 0.119. The lowest BCUT2D eigenvalue weighted by Gasteiger charge is -2.51. The van der Waals surface area contributed by atoms with Gasteiger partial charge in [-0.2, -0.15) is 0 Å². The first-order chi connectivity index (χ1) is 24.5. The zero-order valence-electron chi connectivity index (χ0n) is 31.2. The molecule has 2 amide bonds. The molecule has 1 spiro atoms. The number of methoxy groups -OCH3 is 1. The average molecular weight is 708 g/mol. The average Bonchev–Trinajstić information content (AvgIpc) is 3.36.